The summed E-state index contributed by atoms with van der Waals surface area (Å²) in [7, 11) is 0. The highest BCUT2D eigenvalue weighted by Gasteiger charge is 2.67. The third-order valence-electron chi connectivity index (χ3n) is 8.63. The fourth-order valence-corrected chi connectivity index (χ4v) is 6.98. The summed E-state index contributed by atoms with van der Waals surface area (Å²) in [5, 5.41) is 5.01. The van der Waals surface area contributed by atoms with Crippen molar-refractivity contribution in [1.29, 1.82) is 0 Å². The standard InChI is InChI=1S/C30H26N2O3/c33-28(31-24-12-6-10-18-9-4-5-11-19(18)24)25(15-17-7-2-1-3-8-17)32-29(34)26-20-13-14-21(23-16-22(20)23)27(26)30(32)35/h1-14,20-23,25-27H,15-16H2,(H,31,33)/t20-,21-,22-,23-,25-,26+,27+/m0/s1. The van der Waals surface area contributed by atoms with Crippen molar-refractivity contribution in [3.05, 3.63) is 90.5 Å². The third kappa shape index (κ3) is 3.10. The molecule has 3 aromatic rings. The molecule has 0 unspecified atom stereocenters. The van der Waals surface area contributed by atoms with Gasteiger partial charge in [-0.05, 0) is 47.1 Å². The fourth-order valence-electron chi connectivity index (χ4n) is 6.98. The van der Waals surface area contributed by atoms with Crippen LogP contribution in [0.15, 0.2) is 84.9 Å². The van der Waals surface area contributed by atoms with E-state index in [0.29, 0.717) is 23.9 Å². The minimum atomic E-state index is -0.891. The first-order chi connectivity index (χ1) is 17.1. The number of likely N-dealkylation sites (tertiary alicyclic amines) is 1. The van der Waals surface area contributed by atoms with Crippen molar-refractivity contribution in [1.82, 2.24) is 4.90 Å². The number of anilines is 1. The number of hydrogen-bond acceptors (Lipinski definition) is 3. The Morgan fingerprint density at radius 3 is 2.17 bits per heavy atom. The quantitative estimate of drug-likeness (QED) is 0.450. The average Bonchev–Trinajstić information content (AvgIpc) is 3.67. The Morgan fingerprint density at radius 1 is 0.829 bits per heavy atom. The summed E-state index contributed by atoms with van der Waals surface area (Å²) in [6.07, 6.45) is 5.74. The number of rotatable bonds is 5. The Hall–Kier alpha value is -3.73. The van der Waals surface area contributed by atoms with Crippen LogP contribution in [0, 0.1) is 35.5 Å². The maximum atomic E-state index is 13.8. The molecule has 5 aliphatic rings. The summed E-state index contributed by atoms with van der Waals surface area (Å²) in [5.41, 5.74) is 1.61. The Balaban J connectivity index is 1.25. The van der Waals surface area contributed by atoms with Crippen molar-refractivity contribution in [3.8, 4) is 0 Å². The van der Waals surface area contributed by atoms with Gasteiger partial charge in [-0.15, -0.1) is 0 Å². The first kappa shape index (κ1) is 20.6. The molecule has 1 heterocycles. The second kappa shape index (κ2) is 7.64. The van der Waals surface area contributed by atoms with Gasteiger partial charge >= 0.3 is 0 Å². The van der Waals surface area contributed by atoms with Crippen LogP contribution in [-0.2, 0) is 20.8 Å². The zero-order chi connectivity index (χ0) is 23.7. The van der Waals surface area contributed by atoms with Gasteiger partial charge in [-0.25, -0.2) is 0 Å². The van der Waals surface area contributed by atoms with Crippen molar-refractivity contribution in [2.24, 2.45) is 35.5 Å². The van der Waals surface area contributed by atoms with Gasteiger partial charge in [0.15, 0.2) is 0 Å². The first-order valence-corrected chi connectivity index (χ1v) is 12.5. The summed E-state index contributed by atoms with van der Waals surface area (Å²) in [6, 6.07) is 22.4. The fraction of sp³-hybridized carbons (Fsp3) is 0.300. The second-order valence-corrected chi connectivity index (χ2v) is 10.4. The lowest BCUT2D eigenvalue weighted by Gasteiger charge is -2.37. The van der Waals surface area contributed by atoms with E-state index in [1.165, 1.54) is 4.90 Å². The number of carbonyl (C=O) groups excluding carboxylic acids is 3. The van der Waals surface area contributed by atoms with Crippen molar-refractivity contribution in [3.63, 3.8) is 0 Å². The van der Waals surface area contributed by atoms with Crippen LogP contribution in [0.5, 0.6) is 0 Å². The molecule has 5 nitrogen and oxygen atoms in total. The zero-order valence-corrected chi connectivity index (χ0v) is 19.2. The SMILES string of the molecule is O=C(Nc1cccc2ccccc12)[C@H](Cc1ccccc1)N1C(=O)[C@@H]2[C@H]3C=C[C@@H]([C@@H]4C[C@@H]34)[C@H]2C1=O. The van der Waals surface area contributed by atoms with E-state index in [0.717, 1.165) is 22.8 Å². The summed E-state index contributed by atoms with van der Waals surface area (Å²) >= 11 is 0. The van der Waals surface area contributed by atoms with Gasteiger partial charge in [-0.1, -0.05) is 78.9 Å². The molecule has 35 heavy (non-hydrogen) atoms. The molecule has 5 heteroatoms. The van der Waals surface area contributed by atoms with E-state index in [9.17, 15) is 14.4 Å². The molecule has 1 saturated heterocycles. The van der Waals surface area contributed by atoms with Crippen LogP contribution < -0.4 is 5.32 Å². The normalized spacial score (nSPS) is 30.8. The number of nitrogens with one attached hydrogen (secondary N) is 1. The third-order valence-corrected chi connectivity index (χ3v) is 8.63. The molecule has 2 bridgehead atoms. The summed E-state index contributed by atoms with van der Waals surface area (Å²) in [4.78, 5) is 42.7. The monoisotopic (exact) mass is 462 g/mol. The number of amides is 3. The Labute approximate surface area is 203 Å². The van der Waals surface area contributed by atoms with Gasteiger partial charge in [0.05, 0.1) is 11.8 Å². The highest BCUT2D eigenvalue weighted by Crippen LogP contribution is 2.65. The zero-order valence-electron chi connectivity index (χ0n) is 19.2. The predicted molar refractivity (Wildman–Crippen MR) is 133 cm³/mol. The molecular weight excluding hydrogens is 436 g/mol. The van der Waals surface area contributed by atoms with Crippen LogP contribution >= 0.6 is 0 Å². The van der Waals surface area contributed by atoms with Gasteiger partial charge in [0.1, 0.15) is 6.04 Å². The molecule has 1 aliphatic heterocycles. The van der Waals surface area contributed by atoms with Gasteiger partial charge in [-0.3, -0.25) is 19.3 Å². The molecule has 1 N–H and O–H groups in total. The van der Waals surface area contributed by atoms with Crippen molar-refractivity contribution >= 4 is 34.2 Å². The van der Waals surface area contributed by atoms with Crippen LogP contribution in [0.2, 0.25) is 0 Å². The average molecular weight is 463 g/mol. The lowest BCUT2D eigenvalue weighted by molar-refractivity contribution is -0.146. The molecule has 3 amide bonds. The van der Waals surface area contributed by atoms with Crippen molar-refractivity contribution in [2.45, 2.75) is 18.9 Å². The molecule has 2 saturated carbocycles. The highest BCUT2D eigenvalue weighted by molar-refractivity contribution is 6.12. The van der Waals surface area contributed by atoms with E-state index in [1.54, 1.807) is 0 Å². The minimum Gasteiger partial charge on any atom is -0.324 e. The largest absolute Gasteiger partial charge is 0.324 e. The number of benzene rings is 3. The summed E-state index contributed by atoms with van der Waals surface area (Å²) < 4.78 is 0. The number of allylic oxidation sites excluding steroid dienone is 2. The lowest BCUT2D eigenvalue weighted by Crippen LogP contribution is -2.49. The van der Waals surface area contributed by atoms with E-state index < -0.39 is 6.04 Å². The van der Waals surface area contributed by atoms with Crippen molar-refractivity contribution in [2.75, 3.05) is 5.32 Å². The van der Waals surface area contributed by atoms with E-state index in [2.05, 4.69) is 17.5 Å². The van der Waals surface area contributed by atoms with Crippen LogP contribution in [-0.4, -0.2) is 28.7 Å². The topological polar surface area (TPSA) is 66.5 Å². The lowest BCUT2D eigenvalue weighted by atomic mass is 9.63. The molecule has 0 radical (unpaired) electrons. The molecule has 174 valence electrons. The molecule has 3 fully saturated rings. The minimum absolute atomic E-state index is 0.134. The number of nitrogens with zero attached hydrogens (tertiary/aromatic N) is 1. The first-order valence-electron chi connectivity index (χ1n) is 12.5. The number of carbonyl (C=O) groups is 3. The van der Waals surface area contributed by atoms with E-state index in [4.69, 9.17) is 0 Å². The van der Waals surface area contributed by atoms with E-state index >= 15 is 0 Å². The van der Waals surface area contributed by atoms with Gasteiger partial charge in [-0.2, -0.15) is 0 Å². The number of fused-ring (bicyclic) bond motifs is 1. The highest BCUT2D eigenvalue weighted by atomic mass is 16.2. The molecule has 8 rings (SSSR count). The summed E-state index contributed by atoms with van der Waals surface area (Å²) in [6.45, 7) is 0. The van der Waals surface area contributed by atoms with Crippen LogP contribution in [0.3, 0.4) is 0 Å². The van der Waals surface area contributed by atoms with Crippen LogP contribution in [0.25, 0.3) is 10.8 Å². The molecule has 3 aromatic carbocycles. The predicted octanol–water partition coefficient (Wildman–Crippen LogP) is 4.44. The number of hydrogen-bond donors (Lipinski definition) is 1. The Kier molecular flexibility index (Phi) is 4.50. The van der Waals surface area contributed by atoms with Gasteiger partial charge in [0.2, 0.25) is 17.7 Å². The van der Waals surface area contributed by atoms with Gasteiger partial charge in [0, 0.05) is 17.5 Å². The molecule has 4 aliphatic carbocycles. The maximum Gasteiger partial charge on any atom is 0.248 e. The van der Waals surface area contributed by atoms with E-state index in [1.807, 2.05) is 72.8 Å². The Morgan fingerprint density at radius 2 is 1.46 bits per heavy atom. The molecular formula is C30H26N2O3. The summed E-state index contributed by atoms with van der Waals surface area (Å²) in [5.74, 6) is 0.0353. The Bertz CT molecular complexity index is 1360. The van der Waals surface area contributed by atoms with Gasteiger partial charge in [0.25, 0.3) is 0 Å². The number of imide groups is 1. The van der Waals surface area contributed by atoms with Crippen LogP contribution in [0.4, 0.5) is 5.69 Å². The smallest absolute Gasteiger partial charge is 0.248 e. The molecule has 0 spiro atoms. The molecule has 0 aromatic heterocycles. The van der Waals surface area contributed by atoms with Crippen molar-refractivity contribution < 1.29 is 14.4 Å². The van der Waals surface area contributed by atoms with Crippen LogP contribution in [0.1, 0.15) is 12.0 Å². The second-order valence-electron chi connectivity index (χ2n) is 10.4. The molecule has 7 atom stereocenters. The maximum absolute atomic E-state index is 13.8. The van der Waals surface area contributed by atoms with E-state index in [-0.39, 0.29) is 41.4 Å². The van der Waals surface area contributed by atoms with Gasteiger partial charge < -0.3 is 5.32 Å².